The van der Waals surface area contributed by atoms with E-state index in [0.29, 0.717) is 6.42 Å². The van der Waals surface area contributed by atoms with Crippen LogP contribution >= 0.6 is 0 Å². The van der Waals surface area contributed by atoms with Crippen molar-refractivity contribution in [2.24, 2.45) is 0 Å². The standard InChI is InChI=1S/C38H69NO13/c1-3-5-7-9-11-13-14-16-18-20-22-30(43)39-26(27(42)21-19-17-15-12-10-8-6-4-2)25-49-37-35(48)33(46)36(29(24-41)51-37)52-38-34(47)32(45)31(44)28(23-40)50-38/h7,9,19,21,26-29,31-38,40-42,44-48H,3-6,8,10-18,20,22-25H2,1-2H3,(H,39,43)/b9-7-,21-19+. The second kappa shape index (κ2) is 27.1. The van der Waals surface area contributed by atoms with Crippen molar-refractivity contribution in [3.05, 3.63) is 24.3 Å². The Hall–Kier alpha value is -1.53. The highest BCUT2D eigenvalue weighted by molar-refractivity contribution is 5.76. The summed E-state index contributed by atoms with van der Waals surface area (Å²) in [6.45, 7) is 2.61. The van der Waals surface area contributed by atoms with E-state index in [2.05, 4.69) is 31.3 Å². The number of nitrogens with one attached hydrogen (secondary N) is 1. The van der Waals surface area contributed by atoms with E-state index in [1.165, 1.54) is 19.3 Å². The maximum absolute atomic E-state index is 12.9. The summed E-state index contributed by atoms with van der Waals surface area (Å²) in [5.74, 6) is -0.258. The fourth-order valence-electron chi connectivity index (χ4n) is 6.29. The zero-order valence-electron chi connectivity index (χ0n) is 31.3. The first-order valence-electron chi connectivity index (χ1n) is 19.6. The number of carbonyl (C=O) groups is 1. The van der Waals surface area contributed by atoms with Crippen LogP contribution in [0.25, 0.3) is 0 Å². The van der Waals surface area contributed by atoms with E-state index in [1.807, 2.05) is 6.08 Å². The Bertz CT molecular complexity index is 983. The molecule has 2 saturated heterocycles. The predicted octanol–water partition coefficient (Wildman–Crippen LogP) is 1.87. The van der Waals surface area contributed by atoms with Crippen molar-refractivity contribution in [2.75, 3.05) is 19.8 Å². The van der Waals surface area contributed by atoms with E-state index < -0.39 is 86.8 Å². The summed E-state index contributed by atoms with van der Waals surface area (Å²) in [5, 5.41) is 85.9. The number of aliphatic hydroxyl groups is 8. The second-order valence-corrected chi connectivity index (χ2v) is 14.1. The zero-order valence-corrected chi connectivity index (χ0v) is 31.3. The lowest BCUT2D eigenvalue weighted by atomic mass is 9.97. The fourth-order valence-corrected chi connectivity index (χ4v) is 6.29. The molecule has 14 heteroatoms. The molecule has 0 aromatic carbocycles. The van der Waals surface area contributed by atoms with Crippen LogP contribution < -0.4 is 5.32 Å². The van der Waals surface area contributed by atoms with Gasteiger partial charge in [-0.15, -0.1) is 0 Å². The van der Waals surface area contributed by atoms with Gasteiger partial charge in [0.1, 0.15) is 48.8 Å². The molecule has 2 fully saturated rings. The van der Waals surface area contributed by atoms with Gasteiger partial charge >= 0.3 is 0 Å². The minimum atomic E-state index is -1.78. The van der Waals surface area contributed by atoms with E-state index in [-0.39, 0.29) is 18.9 Å². The molecule has 304 valence electrons. The number of rotatable bonds is 27. The molecule has 2 heterocycles. The summed E-state index contributed by atoms with van der Waals surface area (Å²) < 4.78 is 22.5. The SMILES string of the molecule is CCC/C=C\CCCCCCCC(=O)NC(COC1OC(CO)C(OC2OC(CO)C(O)C(O)C2O)C(O)C1O)C(O)/C=C/CCCCCCCC. The van der Waals surface area contributed by atoms with Gasteiger partial charge < -0.3 is 65.1 Å². The van der Waals surface area contributed by atoms with Gasteiger partial charge in [0, 0.05) is 6.42 Å². The summed E-state index contributed by atoms with van der Waals surface area (Å²) in [7, 11) is 0. The zero-order chi connectivity index (χ0) is 38.3. The van der Waals surface area contributed by atoms with Gasteiger partial charge in [0.25, 0.3) is 0 Å². The molecular formula is C38H69NO13. The normalized spacial score (nSPS) is 31.0. The molecule has 12 unspecified atom stereocenters. The third kappa shape index (κ3) is 16.5. The van der Waals surface area contributed by atoms with Gasteiger partial charge in [-0.05, 0) is 38.5 Å². The average molecular weight is 748 g/mol. The molecule has 12 atom stereocenters. The third-order valence-electron chi connectivity index (χ3n) is 9.61. The summed E-state index contributed by atoms with van der Waals surface area (Å²) >= 11 is 0. The van der Waals surface area contributed by atoms with Crippen LogP contribution in [-0.2, 0) is 23.7 Å². The molecule has 1 amide bonds. The van der Waals surface area contributed by atoms with E-state index >= 15 is 0 Å². The molecule has 0 aliphatic carbocycles. The molecule has 0 spiro atoms. The maximum Gasteiger partial charge on any atom is 0.220 e. The van der Waals surface area contributed by atoms with Crippen LogP contribution in [0, 0.1) is 0 Å². The Labute approximate surface area is 309 Å². The number of carbonyl (C=O) groups excluding carboxylic acids is 1. The van der Waals surface area contributed by atoms with Crippen LogP contribution in [0.2, 0.25) is 0 Å². The van der Waals surface area contributed by atoms with Crippen molar-refractivity contribution in [3.63, 3.8) is 0 Å². The van der Waals surface area contributed by atoms with E-state index in [1.54, 1.807) is 6.08 Å². The largest absolute Gasteiger partial charge is 0.394 e. The smallest absolute Gasteiger partial charge is 0.220 e. The van der Waals surface area contributed by atoms with Gasteiger partial charge in [0.2, 0.25) is 5.91 Å². The molecular weight excluding hydrogens is 678 g/mol. The van der Waals surface area contributed by atoms with Crippen molar-refractivity contribution >= 4 is 5.91 Å². The second-order valence-electron chi connectivity index (χ2n) is 14.1. The quantitative estimate of drug-likeness (QED) is 0.0433. The van der Waals surface area contributed by atoms with Crippen LogP contribution in [0.4, 0.5) is 0 Å². The fraction of sp³-hybridized carbons (Fsp3) is 0.868. The number of aliphatic hydroxyl groups excluding tert-OH is 8. The Morgan fingerprint density at radius 3 is 1.90 bits per heavy atom. The van der Waals surface area contributed by atoms with Crippen molar-refractivity contribution < 1.29 is 64.6 Å². The number of hydrogen-bond acceptors (Lipinski definition) is 13. The van der Waals surface area contributed by atoms with Crippen LogP contribution in [0.15, 0.2) is 24.3 Å². The van der Waals surface area contributed by atoms with Crippen molar-refractivity contribution in [1.29, 1.82) is 0 Å². The lowest BCUT2D eigenvalue weighted by Gasteiger charge is -2.46. The van der Waals surface area contributed by atoms with Crippen LogP contribution in [0.3, 0.4) is 0 Å². The number of allylic oxidation sites excluding steroid dienone is 3. The van der Waals surface area contributed by atoms with Gasteiger partial charge in [-0.1, -0.05) is 95.9 Å². The number of ether oxygens (including phenoxy) is 4. The van der Waals surface area contributed by atoms with E-state index in [4.69, 9.17) is 18.9 Å². The third-order valence-corrected chi connectivity index (χ3v) is 9.61. The summed E-state index contributed by atoms with van der Waals surface area (Å²) in [6, 6.07) is -0.910. The molecule has 0 saturated carbocycles. The first-order chi connectivity index (χ1) is 25.1. The minimum Gasteiger partial charge on any atom is -0.394 e. The molecule has 0 aromatic heterocycles. The Balaban J connectivity index is 1.97. The molecule has 0 aromatic rings. The number of hydrogen-bond donors (Lipinski definition) is 9. The molecule has 0 bridgehead atoms. The van der Waals surface area contributed by atoms with Gasteiger partial charge in [-0.3, -0.25) is 4.79 Å². The highest BCUT2D eigenvalue weighted by atomic mass is 16.7. The van der Waals surface area contributed by atoms with Gasteiger partial charge in [-0.2, -0.15) is 0 Å². The average Bonchev–Trinajstić information content (AvgIpc) is 3.14. The van der Waals surface area contributed by atoms with Gasteiger partial charge in [-0.25, -0.2) is 0 Å². The summed E-state index contributed by atoms with van der Waals surface area (Å²) in [4.78, 5) is 12.9. The molecule has 52 heavy (non-hydrogen) atoms. The van der Waals surface area contributed by atoms with Gasteiger partial charge in [0.05, 0.1) is 32.0 Å². The first kappa shape index (κ1) is 46.6. The Morgan fingerprint density at radius 1 is 0.673 bits per heavy atom. The summed E-state index contributed by atoms with van der Waals surface area (Å²) in [6.07, 6.45) is 6.96. The highest BCUT2D eigenvalue weighted by Crippen LogP contribution is 2.29. The van der Waals surface area contributed by atoms with Crippen molar-refractivity contribution in [1.82, 2.24) is 5.32 Å². The lowest BCUT2D eigenvalue weighted by Crippen LogP contribution is -2.65. The minimum absolute atomic E-state index is 0.258. The van der Waals surface area contributed by atoms with Crippen molar-refractivity contribution in [2.45, 2.75) is 190 Å². The van der Waals surface area contributed by atoms with Crippen molar-refractivity contribution in [3.8, 4) is 0 Å². The number of unbranched alkanes of at least 4 members (excludes halogenated alkanes) is 12. The van der Waals surface area contributed by atoms with Gasteiger partial charge in [0.15, 0.2) is 12.6 Å². The van der Waals surface area contributed by atoms with Crippen LogP contribution in [-0.4, -0.2) is 140 Å². The Kier molecular flexibility index (Phi) is 24.3. The lowest BCUT2D eigenvalue weighted by molar-refractivity contribution is -0.359. The van der Waals surface area contributed by atoms with Crippen LogP contribution in [0.1, 0.15) is 117 Å². The van der Waals surface area contributed by atoms with E-state index in [0.717, 1.165) is 70.6 Å². The van der Waals surface area contributed by atoms with E-state index in [9.17, 15) is 45.6 Å². The monoisotopic (exact) mass is 747 g/mol. The topological polar surface area (TPSA) is 228 Å². The molecule has 2 rings (SSSR count). The first-order valence-corrected chi connectivity index (χ1v) is 19.6. The predicted molar refractivity (Wildman–Crippen MR) is 194 cm³/mol. The highest BCUT2D eigenvalue weighted by Gasteiger charge is 2.50. The maximum atomic E-state index is 12.9. The molecule has 14 nitrogen and oxygen atoms in total. The molecule has 9 N–H and O–H groups in total. The molecule has 2 aliphatic rings. The summed E-state index contributed by atoms with van der Waals surface area (Å²) in [5.41, 5.74) is 0. The Morgan fingerprint density at radius 2 is 1.25 bits per heavy atom. The number of amides is 1. The molecule has 0 radical (unpaired) electrons. The molecule has 2 aliphatic heterocycles. The van der Waals surface area contributed by atoms with Crippen LogP contribution in [0.5, 0.6) is 0 Å².